The summed E-state index contributed by atoms with van der Waals surface area (Å²) in [5, 5.41) is 3.20. The molecule has 0 aliphatic heterocycles. The van der Waals surface area contributed by atoms with Crippen molar-refractivity contribution >= 4 is 17.7 Å². The Hall–Kier alpha value is -1.00. The number of hydrogen-bond donors (Lipinski definition) is 2. The fourth-order valence-electron chi connectivity index (χ4n) is 3.27. The molecule has 3 N–H and O–H groups in total. The molecule has 110 valence electrons. The van der Waals surface area contributed by atoms with Crippen molar-refractivity contribution in [3.8, 4) is 0 Å². The molecule has 1 aliphatic carbocycles. The molecule has 1 aromatic rings. The quantitative estimate of drug-likeness (QED) is 0.793. The third-order valence-electron chi connectivity index (χ3n) is 4.43. The minimum Gasteiger partial charge on any atom is -0.368 e. The number of nitrogens with two attached hydrogens (primary N) is 1. The second-order valence-corrected chi connectivity index (χ2v) is 6.80. The summed E-state index contributed by atoms with van der Waals surface area (Å²) in [5.41, 5.74) is 6.44. The van der Waals surface area contributed by atoms with Gasteiger partial charge in [-0.3, -0.25) is 4.79 Å². The van der Waals surface area contributed by atoms with Crippen molar-refractivity contribution in [3.05, 3.63) is 29.8 Å². The molecule has 0 spiro atoms. The van der Waals surface area contributed by atoms with Gasteiger partial charge in [-0.05, 0) is 57.0 Å². The van der Waals surface area contributed by atoms with E-state index in [2.05, 4.69) is 36.5 Å². The van der Waals surface area contributed by atoms with Gasteiger partial charge in [-0.1, -0.05) is 24.1 Å². The van der Waals surface area contributed by atoms with Crippen molar-refractivity contribution in [3.63, 3.8) is 0 Å². The van der Waals surface area contributed by atoms with Crippen LogP contribution in [0.2, 0.25) is 0 Å². The molecular weight excluding hydrogens is 268 g/mol. The molecule has 1 fully saturated rings. The van der Waals surface area contributed by atoms with E-state index in [1.165, 1.54) is 10.5 Å². The van der Waals surface area contributed by atoms with Gasteiger partial charge < -0.3 is 11.1 Å². The van der Waals surface area contributed by atoms with Gasteiger partial charge in [-0.2, -0.15) is 0 Å². The van der Waals surface area contributed by atoms with E-state index in [-0.39, 0.29) is 5.91 Å². The lowest BCUT2D eigenvalue weighted by Crippen LogP contribution is -2.56. The Morgan fingerprint density at radius 1 is 1.55 bits per heavy atom. The number of amides is 1. The highest BCUT2D eigenvalue weighted by Gasteiger charge is 2.45. The third-order valence-corrected chi connectivity index (χ3v) is 5.46. The first-order valence-electron chi connectivity index (χ1n) is 7.27. The summed E-state index contributed by atoms with van der Waals surface area (Å²) in [6, 6.07) is 8.55. The lowest BCUT2D eigenvalue weighted by atomic mass is 9.84. The van der Waals surface area contributed by atoms with Gasteiger partial charge in [-0.15, -0.1) is 11.8 Å². The molecule has 2 atom stereocenters. The number of rotatable bonds is 6. The summed E-state index contributed by atoms with van der Waals surface area (Å²) in [4.78, 5) is 13.1. The molecule has 20 heavy (non-hydrogen) atoms. The minimum atomic E-state index is -0.479. The van der Waals surface area contributed by atoms with E-state index in [4.69, 9.17) is 5.73 Å². The summed E-state index contributed by atoms with van der Waals surface area (Å²) >= 11 is 1.86. The molecule has 1 saturated carbocycles. The lowest BCUT2D eigenvalue weighted by molar-refractivity contribution is -0.125. The average Bonchev–Trinajstić information content (AvgIpc) is 2.83. The van der Waals surface area contributed by atoms with Crippen LogP contribution in [0.15, 0.2) is 29.2 Å². The molecule has 3 nitrogen and oxygen atoms in total. The van der Waals surface area contributed by atoms with Gasteiger partial charge in [-0.25, -0.2) is 0 Å². The number of carbonyl (C=O) groups excluding carboxylic acids is 1. The van der Waals surface area contributed by atoms with E-state index in [1.54, 1.807) is 0 Å². The first-order valence-corrected chi connectivity index (χ1v) is 8.25. The number of hydrogen-bond acceptors (Lipinski definition) is 3. The second kappa shape index (κ2) is 6.64. The SMILES string of the molecule is CNC1(C(N)=O)CCCC1CCSc1cccc(C)c1. The van der Waals surface area contributed by atoms with Crippen LogP contribution in [-0.4, -0.2) is 24.2 Å². The van der Waals surface area contributed by atoms with Gasteiger partial charge in [0.25, 0.3) is 0 Å². The monoisotopic (exact) mass is 292 g/mol. The molecule has 0 aromatic heterocycles. The van der Waals surface area contributed by atoms with Crippen LogP contribution in [0, 0.1) is 12.8 Å². The summed E-state index contributed by atoms with van der Waals surface area (Å²) in [6.45, 7) is 2.11. The van der Waals surface area contributed by atoms with Crippen LogP contribution >= 0.6 is 11.8 Å². The van der Waals surface area contributed by atoms with Crippen LogP contribution in [0.5, 0.6) is 0 Å². The Morgan fingerprint density at radius 2 is 2.35 bits per heavy atom. The van der Waals surface area contributed by atoms with Crippen molar-refractivity contribution in [1.82, 2.24) is 5.32 Å². The fourth-order valence-corrected chi connectivity index (χ4v) is 4.35. The molecule has 1 amide bonds. The largest absolute Gasteiger partial charge is 0.368 e. The highest BCUT2D eigenvalue weighted by Crippen LogP contribution is 2.38. The number of benzene rings is 1. The van der Waals surface area contributed by atoms with Crippen molar-refractivity contribution in [2.24, 2.45) is 11.7 Å². The van der Waals surface area contributed by atoms with Crippen LogP contribution in [0.3, 0.4) is 0 Å². The first kappa shape index (κ1) is 15.4. The Kier molecular flexibility index (Phi) is 5.11. The van der Waals surface area contributed by atoms with Crippen LogP contribution in [0.1, 0.15) is 31.2 Å². The lowest BCUT2D eigenvalue weighted by Gasteiger charge is -2.32. The van der Waals surface area contributed by atoms with Gasteiger partial charge in [0.05, 0.1) is 0 Å². The van der Waals surface area contributed by atoms with Crippen LogP contribution < -0.4 is 11.1 Å². The van der Waals surface area contributed by atoms with Crippen LogP contribution in [0.25, 0.3) is 0 Å². The molecule has 0 radical (unpaired) electrons. The molecule has 0 bridgehead atoms. The van der Waals surface area contributed by atoms with Gasteiger partial charge in [0.2, 0.25) is 5.91 Å². The zero-order valence-electron chi connectivity index (χ0n) is 12.3. The Morgan fingerprint density at radius 3 is 3.00 bits per heavy atom. The number of carbonyl (C=O) groups is 1. The maximum absolute atomic E-state index is 11.8. The average molecular weight is 292 g/mol. The number of primary amides is 1. The van der Waals surface area contributed by atoms with Crippen molar-refractivity contribution in [1.29, 1.82) is 0 Å². The highest BCUT2D eigenvalue weighted by molar-refractivity contribution is 7.99. The minimum absolute atomic E-state index is 0.192. The van der Waals surface area contributed by atoms with Gasteiger partial charge in [0, 0.05) is 4.90 Å². The Balaban J connectivity index is 1.92. The van der Waals surface area contributed by atoms with E-state index < -0.39 is 5.54 Å². The number of likely N-dealkylation sites (N-methyl/N-ethyl adjacent to an activating group) is 1. The van der Waals surface area contributed by atoms with Crippen LogP contribution in [0.4, 0.5) is 0 Å². The Bertz CT molecular complexity index is 477. The van der Waals surface area contributed by atoms with Crippen molar-refractivity contribution in [2.45, 2.75) is 43.0 Å². The summed E-state index contributed by atoms with van der Waals surface area (Å²) < 4.78 is 0. The second-order valence-electron chi connectivity index (χ2n) is 5.63. The Labute approximate surface area is 125 Å². The van der Waals surface area contributed by atoms with E-state index in [1.807, 2.05) is 18.8 Å². The zero-order chi connectivity index (χ0) is 14.6. The molecule has 2 unspecified atom stereocenters. The summed E-state index contributed by atoms with van der Waals surface area (Å²) in [5.74, 6) is 1.20. The van der Waals surface area contributed by atoms with Crippen molar-refractivity contribution in [2.75, 3.05) is 12.8 Å². The van der Waals surface area contributed by atoms with Crippen molar-refractivity contribution < 1.29 is 4.79 Å². The van der Waals surface area contributed by atoms with E-state index in [9.17, 15) is 4.79 Å². The maximum Gasteiger partial charge on any atom is 0.238 e. The van der Waals surface area contributed by atoms with Gasteiger partial charge in [0.1, 0.15) is 5.54 Å². The predicted octanol–water partition coefficient (Wildman–Crippen LogP) is 2.72. The summed E-state index contributed by atoms with van der Waals surface area (Å²) in [6.07, 6.45) is 4.09. The highest BCUT2D eigenvalue weighted by atomic mass is 32.2. The van der Waals surface area contributed by atoms with E-state index in [0.29, 0.717) is 5.92 Å². The first-order chi connectivity index (χ1) is 9.58. The molecular formula is C16H24N2OS. The summed E-state index contributed by atoms with van der Waals surface area (Å²) in [7, 11) is 1.86. The number of nitrogens with one attached hydrogen (secondary N) is 1. The molecule has 1 aliphatic rings. The van der Waals surface area contributed by atoms with E-state index >= 15 is 0 Å². The third kappa shape index (κ3) is 3.18. The molecule has 2 rings (SSSR count). The normalized spacial score (nSPS) is 25.8. The van der Waals surface area contributed by atoms with Gasteiger partial charge in [0.15, 0.2) is 0 Å². The predicted molar refractivity (Wildman–Crippen MR) is 84.8 cm³/mol. The topological polar surface area (TPSA) is 55.1 Å². The van der Waals surface area contributed by atoms with Gasteiger partial charge >= 0.3 is 0 Å². The zero-order valence-corrected chi connectivity index (χ0v) is 13.1. The maximum atomic E-state index is 11.8. The van der Waals surface area contributed by atoms with Crippen LogP contribution in [-0.2, 0) is 4.79 Å². The standard InChI is InChI=1S/C16H24N2OS/c1-12-5-3-7-14(11-12)20-10-8-13-6-4-9-16(13,18-2)15(17)19/h3,5,7,11,13,18H,4,6,8-10H2,1-2H3,(H2,17,19). The number of aryl methyl sites for hydroxylation is 1. The molecule has 0 heterocycles. The molecule has 0 saturated heterocycles. The fraction of sp³-hybridized carbons (Fsp3) is 0.562. The molecule has 1 aromatic carbocycles. The van der Waals surface area contributed by atoms with E-state index in [0.717, 1.165) is 31.4 Å². The number of thioether (sulfide) groups is 1. The smallest absolute Gasteiger partial charge is 0.238 e. The molecule has 4 heteroatoms.